The summed E-state index contributed by atoms with van der Waals surface area (Å²) in [7, 11) is 0. The lowest BCUT2D eigenvalue weighted by molar-refractivity contribution is -0.139. The fourth-order valence-electron chi connectivity index (χ4n) is 1.81. The number of hydrogen-bond acceptors (Lipinski definition) is 4. The van der Waals surface area contributed by atoms with Crippen LogP contribution in [0.5, 0.6) is 0 Å². The maximum absolute atomic E-state index is 11.8. The zero-order valence-corrected chi connectivity index (χ0v) is 12.6. The van der Waals surface area contributed by atoms with Crippen molar-refractivity contribution >= 4 is 12.1 Å². The van der Waals surface area contributed by atoms with E-state index in [9.17, 15) is 14.7 Å². The smallest absolute Gasteiger partial charge is 0.408 e. The van der Waals surface area contributed by atoms with Crippen molar-refractivity contribution in [2.45, 2.75) is 12.5 Å². The minimum atomic E-state index is -1.13. The first-order valence-electron chi connectivity index (χ1n) is 6.96. The second-order valence-electron chi connectivity index (χ2n) is 4.64. The number of nitrogens with one attached hydrogen (secondary N) is 1. The Labute approximate surface area is 134 Å². The molecule has 1 atom stereocenters. The molecule has 0 heterocycles. The van der Waals surface area contributed by atoms with Gasteiger partial charge in [0, 0.05) is 6.42 Å². The summed E-state index contributed by atoms with van der Waals surface area (Å²) < 4.78 is 4.99. The number of allylic oxidation sites excluding steroid dienone is 2. The Morgan fingerprint density at radius 3 is 2.61 bits per heavy atom. The molecule has 4 N–H and O–H groups in total. The average molecular weight is 316 g/mol. The summed E-state index contributed by atoms with van der Waals surface area (Å²) in [5, 5.41) is 11.5. The van der Waals surface area contributed by atoms with Gasteiger partial charge in [-0.3, -0.25) is 0 Å². The summed E-state index contributed by atoms with van der Waals surface area (Å²) in [6.45, 7) is 3.50. The van der Waals surface area contributed by atoms with Crippen LogP contribution in [0.15, 0.2) is 66.9 Å². The van der Waals surface area contributed by atoms with Crippen LogP contribution < -0.4 is 11.1 Å². The second-order valence-corrected chi connectivity index (χ2v) is 4.64. The van der Waals surface area contributed by atoms with Crippen molar-refractivity contribution in [2.24, 2.45) is 5.73 Å². The SMILES string of the molecule is C=C/C=C(\C=C/N)COC(=O)N[C@@H](Cc1ccccc1)C(=O)O. The van der Waals surface area contributed by atoms with Crippen LogP contribution in [-0.4, -0.2) is 29.8 Å². The van der Waals surface area contributed by atoms with E-state index >= 15 is 0 Å². The molecule has 122 valence electrons. The van der Waals surface area contributed by atoms with Gasteiger partial charge in [-0.2, -0.15) is 0 Å². The molecule has 1 aromatic rings. The zero-order valence-electron chi connectivity index (χ0n) is 12.6. The van der Waals surface area contributed by atoms with Gasteiger partial charge in [-0.05, 0) is 23.4 Å². The molecule has 0 aliphatic rings. The highest BCUT2D eigenvalue weighted by molar-refractivity contribution is 5.80. The largest absolute Gasteiger partial charge is 0.480 e. The number of hydrogen-bond donors (Lipinski definition) is 3. The van der Waals surface area contributed by atoms with Crippen LogP contribution in [0.4, 0.5) is 4.79 Å². The van der Waals surface area contributed by atoms with E-state index in [0.717, 1.165) is 5.56 Å². The number of carbonyl (C=O) groups is 2. The van der Waals surface area contributed by atoms with E-state index in [1.165, 1.54) is 12.3 Å². The minimum Gasteiger partial charge on any atom is -0.480 e. The third-order valence-corrected chi connectivity index (χ3v) is 2.88. The highest BCUT2D eigenvalue weighted by atomic mass is 16.5. The van der Waals surface area contributed by atoms with Gasteiger partial charge < -0.3 is 20.9 Å². The average Bonchev–Trinajstić information content (AvgIpc) is 2.53. The second kappa shape index (κ2) is 9.83. The van der Waals surface area contributed by atoms with Gasteiger partial charge in [-0.25, -0.2) is 9.59 Å². The molecule has 0 aliphatic heterocycles. The number of carbonyl (C=O) groups excluding carboxylic acids is 1. The number of carboxylic acid groups (broad SMARTS) is 1. The van der Waals surface area contributed by atoms with E-state index in [-0.39, 0.29) is 13.0 Å². The molecule has 1 aromatic carbocycles. The lowest BCUT2D eigenvalue weighted by Crippen LogP contribution is -2.42. The molecule has 0 bridgehead atoms. The van der Waals surface area contributed by atoms with Gasteiger partial charge in [-0.1, -0.05) is 49.1 Å². The highest BCUT2D eigenvalue weighted by Gasteiger charge is 2.21. The standard InChI is InChI=1S/C17H20N2O4/c1-2-6-14(9-10-18)12-23-17(22)19-15(16(20)21)11-13-7-4-3-5-8-13/h2-10,15H,1,11-12,18H2,(H,19,22)(H,20,21)/b10-9-,14-6+/t15-/m0/s1. The van der Waals surface area contributed by atoms with Crippen LogP contribution in [0.1, 0.15) is 5.56 Å². The van der Waals surface area contributed by atoms with Crippen molar-refractivity contribution in [1.82, 2.24) is 5.32 Å². The van der Waals surface area contributed by atoms with Crippen molar-refractivity contribution in [3.05, 3.63) is 72.5 Å². The van der Waals surface area contributed by atoms with Gasteiger partial charge in [0.25, 0.3) is 0 Å². The molecule has 1 rings (SSSR count). The summed E-state index contributed by atoms with van der Waals surface area (Å²) in [4.78, 5) is 23.0. The summed E-state index contributed by atoms with van der Waals surface area (Å²) in [5.41, 5.74) is 6.72. The van der Waals surface area contributed by atoms with Crippen LogP contribution in [0, 0.1) is 0 Å². The van der Waals surface area contributed by atoms with Gasteiger partial charge in [0.1, 0.15) is 12.6 Å². The van der Waals surface area contributed by atoms with E-state index in [1.807, 2.05) is 6.07 Å². The van der Waals surface area contributed by atoms with Crippen LogP contribution in [-0.2, 0) is 16.0 Å². The van der Waals surface area contributed by atoms with Crippen molar-refractivity contribution in [3.8, 4) is 0 Å². The van der Waals surface area contributed by atoms with Crippen LogP contribution >= 0.6 is 0 Å². The number of rotatable bonds is 8. The molecule has 6 heteroatoms. The molecule has 6 nitrogen and oxygen atoms in total. The van der Waals surface area contributed by atoms with E-state index in [2.05, 4.69) is 11.9 Å². The third kappa shape index (κ3) is 6.99. The van der Waals surface area contributed by atoms with E-state index < -0.39 is 18.1 Å². The first-order valence-corrected chi connectivity index (χ1v) is 6.96. The maximum atomic E-state index is 11.8. The van der Waals surface area contributed by atoms with Crippen LogP contribution in [0.25, 0.3) is 0 Å². The van der Waals surface area contributed by atoms with E-state index in [0.29, 0.717) is 5.57 Å². The molecule has 1 amide bonds. The molecule has 0 saturated carbocycles. The van der Waals surface area contributed by atoms with Crippen LogP contribution in [0.3, 0.4) is 0 Å². The summed E-state index contributed by atoms with van der Waals surface area (Å²) in [5.74, 6) is -1.13. The van der Waals surface area contributed by atoms with Gasteiger partial charge >= 0.3 is 12.1 Å². The molecule has 23 heavy (non-hydrogen) atoms. The fraction of sp³-hybridized carbons (Fsp3) is 0.176. The molecule has 0 aromatic heterocycles. The number of amides is 1. The van der Waals surface area contributed by atoms with Gasteiger partial charge in [-0.15, -0.1) is 0 Å². The van der Waals surface area contributed by atoms with Gasteiger partial charge in [0.15, 0.2) is 0 Å². The number of carboxylic acids is 1. The van der Waals surface area contributed by atoms with Gasteiger partial charge in [0.2, 0.25) is 0 Å². The topological polar surface area (TPSA) is 102 Å². The van der Waals surface area contributed by atoms with Crippen LogP contribution in [0.2, 0.25) is 0 Å². The van der Waals surface area contributed by atoms with Crippen molar-refractivity contribution in [1.29, 1.82) is 0 Å². The number of aliphatic carboxylic acids is 1. The monoisotopic (exact) mass is 316 g/mol. The normalized spacial score (nSPS) is 12.6. The van der Waals surface area contributed by atoms with Gasteiger partial charge in [0.05, 0.1) is 0 Å². The predicted octanol–water partition coefficient (Wildman–Crippen LogP) is 1.99. The Morgan fingerprint density at radius 1 is 1.35 bits per heavy atom. The van der Waals surface area contributed by atoms with E-state index in [4.69, 9.17) is 10.5 Å². The molecular formula is C17H20N2O4. The Balaban J connectivity index is 2.59. The fourth-order valence-corrected chi connectivity index (χ4v) is 1.81. The summed E-state index contributed by atoms with van der Waals surface area (Å²) in [6.07, 6.45) is 5.40. The lowest BCUT2D eigenvalue weighted by Gasteiger charge is -2.15. The number of nitrogens with two attached hydrogens (primary N) is 1. The summed E-state index contributed by atoms with van der Waals surface area (Å²) in [6, 6.07) is 7.96. The lowest BCUT2D eigenvalue weighted by atomic mass is 10.1. The maximum Gasteiger partial charge on any atom is 0.408 e. The molecule has 0 fully saturated rings. The third-order valence-electron chi connectivity index (χ3n) is 2.88. The Kier molecular flexibility index (Phi) is 7.71. The first kappa shape index (κ1) is 18.0. The number of ether oxygens (including phenoxy) is 1. The molecule has 0 radical (unpaired) electrons. The molecule has 0 unspecified atom stereocenters. The minimum absolute atomic E-state index is 0.0385. The van der Waals surface area contributed by atoms with E-state index in [1.54, 1.807) is 36.4 Å². The Hall–Kier alpha value is -3.02. The number of alkyl carbamates (subject to hydrolysis) is 1. The molecule has 0 saturated heterocycles. The van der Waals surface area contributed by atoms with Crippen molar-refractivity contribution in [2.75, 3.05) is 6.61 Å². The Bertz CT molecular complexity index is 594. The first-order chi connectivity index (χ1) is 11.1. The Morgan fingerprint density at radius 2 is 2.04 bits per heavy atom. The summed E-state index contributed by atoms with van der Waals surface area (Å²) >= 11 is 0. The quantitative estimate of drug-likeness (QED) is 0.637. The molecular weight excluding hydrogens is 296 g/mol. The van der Waals surface area contributed by atoms with Crippen molar-refractivity contribution < 1.29 is 19.4 Å². The predicted molar refractivity (Wildman–Crippen MR) is 87.7 cm³/mol. The van der Waals surface area contributed by atoms with Crippen molar-refractivity contribution in [3.63, 3.8) is 0 Å². The highest BCUT2D eigenvalue weighted by Crippen LogP contribution is 2.04. The number of benzene rings is 1. The zero-order chi connectivity index (χ0) is 17.1. The molecule has 0 spiro atoms. The molecule has 0 aliphatic carbocycles.